The highest BCUT2D eigenvalue weighted by Gasteiger charge is 2.30. The molecule has 0 bridgehead atoms. The minimum Gasteiger partial charge on any atom is -0.495 e. The summed E-state index contributed by atoms with van der Waals surface area (Å²) in [6.45, 7) is 5.23. The molecule has 3 rings (SSSR count). The fraction of sp³-hybridized carbons (Fsp3) is 0.350. The number of methoxy groups -OCH3 is 1. The smallest absolute Gasteiger partial charge is 0.282 e. The van der Waals surface area contributed by atoms with Crippen LogP contribution < -0.4 is 25.0 Å². The zero-order valence-corrected chi connectivity index (χ0v) is 17.4. The van der Waals surface area contributed by atoms with Gasteiger partial charge in [-0.15, -0.1) is 0 Å². The van der Waals surface area contributed by atoms with Gasteiger partial charge < -0.3 is 19.9 Å². The molecule has 1 aliphatic heterocycles. The summed E-state index contributed by atoms with van der Waals surface area (Å²) < 4.78 is 28.1. The van der Waals surface area contributed by atoms with E-state index in [1.165, 1.54) is 17.0 Å². The highest BCUT2D eigenvalue weighted by atomic mass is 32.2. The monoisotopic (exact) mass is 419 g/mol. The third kappa shape index (κ3) is 5.06. The average Bonchev–Trinajstić information content (AvgIpc) is 2.73. The summed E-state index contributed by atoms with van der Waals surface area (Å²) in [5.74, 6) is 0.749. The van der Waals surface area contributed by atoms with Crippen molar-refractivity contribution in [3.05, 3.63) is 48.5 Å². The third-order valence-electron chi connectivity index (χ3n) is 5.29. The maximum absolute atomic E-state index is 12.6. The van der Waals surface area contributed by atoms with E-state index in [0.29, 0.717) is 5.69 Å². The van der Waals surface area contributed by atoms with Gasteiger partial charge in [-0.3, -0.25) is 4.79 Å². The number of ether oxygens (including phenoxy) is 1. The van der Waals surface area contributed by atoms with Crippen molar-refractivity contribution < 1.29 is 22.8 Å². The summed E-state index contributed by atoms with van der Waals surface area (Å²) >= 11 is 0. The van der Waals surface area contributed by atoms with Gasteiger partial charge >= 0.3 is 0 Å². The minimum absolute atomic E-state index is 0.0154. The summed E-state index contributed by atoms with van der Waals surface area (Å²) in [5, 5.41) is 7.94. The number of amides is 1. The molecule has 0 radical (unpaired) electrons. The van der Waals surface area contributed by atoms with E-state index in [9.17, 15) is 13.2 Å². The molecule has 8 nitrogen and oxygen atoms in total. The fourth-order valence-corrected chi connectivity index (χ4v) is 4.04. The third-order valence-corrected chi connectivity index (χ3v) is 6.22. The second-order valence-electron chi connectivity index (χ2n) is 7.10. The number of para-hydroxylation sites is 2. The number of quaternary nitrogens is 1. The van der Waals surface area contributed by atoms with Gasteiger partial charge in [0.1, 0.15) is 5.75 Å². The lowest BCUT2D eigenvalue weighted by Crippen LogP contribution is -3.19. The normalized spacial score (nSPS) is 16.3. The molecule has 4 N–H and O–H groups in total. The van der Waals surface area contributed by atoms with Crippen LogP contribution >= 0.6 is 0 Å². The number of nitrogens with one attached hydrogen (secondary N) is 2. The van der Waals surface area contributed by atoms with Crippen molar-refractivity contribution in [3.63, 3.8) is 0 Å². The van der Waals surface area contributed by atoms with Crippen molar-refractivity contribution in [2.75, 3.05) is 43.5 Å². The van der Waals surface area contributed by atoms with E-state index in [1.807, 2.05) is 31.2 Å². The lowest BCUT2D eigenvalue weighted by molar-refractivity contribution is -0.914. The first-order chi connectivity index (χ1) is 13.8. The van der Waals surface area contributed by atoms with Crippen molar-refractivity contribution in [1.29, 1.82) is 0 Å². The Morgan fingerprint density at radius 1 is 1.14 bits per heavy atom. The van der Waals surface area contributed by atoms with E-state index in [4.69, 9.17) is 9.88 Å². The Hall–Kier alpha value is -2.62. The second-order valence-corrected chi connectivity index (χ2v) is 8.66. The predicted molar refractivity (Wildman–Crippen MR) is 112 cm³/mol. The van der Waals surface area contributed by atoms with Crippen LogP contribution in [0.15, 0.2) is 53.4 Å². The van der Waals surface area contributed by atoms with Gasteiger partial charge in [-0.2, -0.15) is 0 Å². The number of rotatable bonds is 6. The highest BCUT2D eigenvalue weighted by molar-refractivity contribution is 7.89. The molecule has 0 saturated carbocycles. The number of nitrogens with two attached hydrogens (primary N) is 1. The van der Waals surface area contributed by atoms with E-state index in [2.05, 4.69) is 10.2 Å². The Morgan fingerprint density at radius 2 is 1.76 bits per heavy atom. The number of carbonyl (C=O) groups is 1. The topological polar surface area (TPSA) is 106 Å². The summed E-state index contributed by atoms with van der Waals surface area (Å²) in [5.41, 5.74) is 1.61. The van der Waals surface area contributed by atoms with Crippen molar-refractivity contribution in [2.24, 2.45) is 5.14 Å². The number of primary sulfonamides is 1. The molecule has 0 aliphatic carbocycles. The van der Waals surface area contributed by atoms with Crippen LogP contribution in [0.2, 0.25) is 0 Å². The maximum Gasteiger partial charge on any atom is 0.282 e. The molecule has 1 amide bonds. The van der Waals surface area contributed by atoms with Crippen LogP contribution in [0.3, 0.4) is 0 Å². The molecular weight excluding hydrogens is 392 g/mol. The van der Waals surface area contributed by atoms with Gasteiger partial charge in [-0.25, -0.2) is 13.6 Å². The van der Waals surface area contributed by atoms with Crippen LogP contribution in [0, 0.1) is 0 Å². The Morgan fingerprint density at radius 3 is 2.34 bits per heavy atom. The van der Waals surface area contributed by atoms with Crippen molar-refractivity contribution >= 4 is 27.3 Å². The average molecular weight is 420 g/mol. The number of benzene rings is 2. The van der Waals surface area contributed by atoms with E-state index in [0.717, 1.165) is 37.6 Å². The summed E-state index contributed by atoms with van der Waals surface area (Å²) in [6, 6.07) is 13.6. The molecule has 156 valence electrons. The largest absolute Gasteiger partial charge is 0.495 e. The standard InChI is InChI=1S/C20H26N4O4S/c1-15(20(25)22-16-7-9-17(10-8-16)29(21,26)27)23-11-13-24(14-12-23)18-5-3-4-6-19(18)28-2/h3-10,15H,11-14H2,1-2H3,(H,22,25)(H2,21,26,27)/p+1/t15-/m1/s1. The molecule has 0 spiro atoms. The predicted octanol–water partition coefficient (Wildman–Crippen LogP) is 0.0747. The number of carbonyl (C=O) groups excluding carboxylic acids is 1. The lowest BCUT2D eigenvalue weighted by atomic mass is 10.2. The quantitative estimate of drug-likeness (QED) is 0.615. The maximum atomic E-state index is 12.6. The molecular formula is C20H27N4O4S+. The van der Waals surface area contributed by atoms with Gasteiger partial charge in [0.15, 0.2) is 6.04 Å². The minimum atomic E-state index is -3.75. The van der Waals surface area contributed by atoms with Gasteiger partial charge in [-0.05, 0) is 43.3 Å². The van der Waals surface area contributed by atoms with E-state index in [1.54, 1.807) is 19.2 Å². The first kappa shape index (κ1) is 21.1. The molecule has 0 aromatic heterocycles. The number of nitrogens with zero attached hydrogens (tertiary/aromatic N) is 1. The zero-order chi connectivity index (χ0) is 21.0. The lowest BCUT2D eigenvalue weighted by Gasteiger charge is -2.36. The Kier molecular flexibility index (Phi) is 6.41. The Labute approximate surface area is 171 Å². The van der Waals surface area contributed by atoms with E-state index in [-0.39, 0.29) is 16.8 Å². The summed E-state index contributed by atoms with van der Waals surface area (Å²) in [4.78, 5) is 16.1. The molecule has 9 heteroatoms. The van der Waals surface area contributed by atoms with Gasteiger partial charge in [-0.1, -0.05) is 12.1 Å². The Balaban J connectivity index is 1.57. The highest BCUT2D eigenvalue weighted by Crippen LogP contribution is 2.27. The molecule has 2 aromatic carbocycles. The van der Waals surface area contributed by atoms with Crippen LogP contribution in [0.5, 0.6) is 5.75 Å². The molecule has 2 aromatic rings. The number of anilines is 2. The van der Waals surface area contributed by atoms with Crippen LogP contribution in [0.25, 0.3) is 0 Å². The van der Waals surface area contributed by atoms with Gasteiger partial charge in [0, 0.05) is 5.69 Å². The van der Waals surface area contributed by atoms with Crippen molar-refractivity contribution in [3.8, 4) is 5.75 Å². The number of hydrogen-bond acceptors (Lipinski definition) is 5. The van der Waals surface area contributed by atoms with Gasteiger partial charge in [0.2, 0.25) is 10.0 Å². The van der Waals surface area contributed by atoms with Crippen molar-refractivity contribution in [1.82, 2.24) is 0 Å². The molecule has 1 heterocycles. The molecule has 1 fully saturated rings. The number of sulfonamides is 1. The van der Waals surface area contributed by atoms with Gasteiger partial charge in [0.25, 0.3) is 5.91 Å². The fourth-order valence-electron chi connectivity index (χ4n) is 3.52. The first-order valence-corrected chi connectivity index (χ1v) is 11.0. The molecule has 1 atom stereocenters. The summed E-state index contributed by atoms with van der Waals surface area (Å²) in [7, 11) is -2.08. The van der Waals surface area contributed by atoms with Crippen LogP contribution in [-0.4, -0.2) is 53.7 Å². The molecule has 1 saturated heterocycles. The van der Waals surface area contributed by atoms with Crippen molar-refractivity contribution in [2.45, 2.75) is 17.9 Å². The first-order valence-electron chi connectivity index (χ1n) is 9.46. The number of piperazine rings is 1. The van der Waals surface area contributed by atoms with Crippen LogP contribution in [0.4, 0.5) is 11.4 Å². The zero-order valence-electron chi connectivity index (χ0n) is 16.6. The van der Waals surface area contributed by atoms with E-state index >= 15 is 0 Å². The number of hydrogen-bond donors (Lipinski definition) is 3. The second kappa shape index (κ2) is 8.81. The Bertz CT molecular complexity index is 955. The van der Waals surface area contributed by atoms with Gasteiger partial charge in [0.05, 0.1) is 43.9 Å². The molecule has 0 unspecified atom stereocenters. The summed E-state index contributed by atoms with van der Waals surface area (Å²) in [6.07, 6.45) is 0. The molecule has 29 heavy (non-hydrogen) atoms. The van der Waals surface area contributed by atoms with Crippen LogP contribution in [-0.2, 0) is 14.8 Å². The molecule has 1 aliphatic rings. The van der Waals surface area contributed by atoms with E-state index < -0.39 is 10.0 Å². The van der Waals surface area contributed by atoms with Crippen LogP contribution in [0.1, 0.15) is 6.92 Å². The SMILES string of the molecule is COc1ccccc1N1CC[NH+]([C@H](C)C(=O)Nc2ccc(S(N)(=O)=O)cc2)CC1.